The highest BCUT2D eigenvalue weighted by Crippen LogP contribution is 2.30. The maximum Gasteiger partial charge on any atom is 0.270 e. The molecular formula is C17H16N2O3. The molecule has 2 aromatic carbocycles. The van der Waals surface area contributed by atoms with Gasteiger partial charge in [0, 0.05) is 17.7 Å². The fourth-order valence-electron chi connectivity index (χ4n) is 2.27. The summed E-state index contributed by atoms with van der Waals surface area (Å²) in [5, 5.41) is 10.9. The van der Waals surface area contributed by atoms with Gasteiger partial charge in [-0.1, -0.05) is 32.9 Å². The summed E-state index contributed by atoms with van der Waals surface area (Å²) in [5.41, 5.74) is 3.25. The number of non-ortho nitro benzene ring substituents is 1. The van der Waals surface area contributed by atoms with Crippen molar-refractivity contribution in [1.82, 2.24) is 4.98 Å². The largest absolute Gasteiger partial charge is 0.436 e. The molecule has 0 aliphatic heterocycles. The van der Waals surface area contributed by atoms with Crippen molar-refractivity contribution in [2.75, 3.05) is 0 Å². The van der Waals surface area contributed by atoms with Gasteiger partial charge in [-0.15, -0.1) is 0 Å². The summed E-state index contributed by atoms with van der Waals surface area (Å²) in [6.45, 7) is 6.40. The van der Waals surface area contributed by atoms with Crippen LogP contribution in [0.1, 0.15) is 26.3 Å². The molecule has 5 heteroatoms. The lowest BCUT2D eigenvalue weighted by Gasteiger charge is -2.18. The van der Waals surface area contributed by atoms with Crippen molar-refractivity contribution in [2.45, 2.75) is 26.2 Å². The molecule has 0 saturated carbocycles. The normalized spacial score (nSPS) is 11.8. The Balaban J connectivity index is 2.09. The fraction of sp³-hybridized carbons (Fsp3) is 0.235. The molecule has 0 aliphatic rings. The molecular weight excluding hydrogens is 280 g/mol. The molecule has 0 unspecified atom stereocenters. The van der Waals surface area contributed by atoms with E-state index in [2.05, 4.69) is 25.8 Å². The Bertz CT molecular complexity index is 860. The summed E-state index contributed by atoms with van der Waals surface area (Å²) >= 11 is 0. The van der Waals surface area contributed by atoms with E-state index in [1.54, 1.807) is 12.1 Å². The first-order chi connectivity index (χ1) is 10.3. The van der Waals surface area contributed by atoms with Gasteiger partial charge in [-0.25, -0.2) is 4.98 Å². The van der Waals surface area contributed by atoms with Crippen LogP contribution in [-0.2, 0) is 5.41 Å². The SMILES string of the molecule is CC(C)(C)c1ccc2oc(-c3cccc([N+](=O)[O-])c3)nc2c1. The van der Waals surface area contributed by atoms with Gasteiger partial charge in [0.2, 0.25) is 5.89 Å². The highest BCUT2D eigenvalue weighted by Gasteiger charge is 2.17. The van der Waals surface area contributed by atoms with E-state index in [-0.39, 0.29) is 11.1 Å². The molecule has 0 radical (unpaired) electrons. The quantitative estimate of drug-likeness (QED) is 0.507. The Morgan fingerprint density at radius 3 is 2.59 bits per heavy atom. The molecule has 0 N–H and O–H groups in total. The maximum absolute atomic E-state index is 10.9. The smallest absolute Gasteiger partial charge is 0.270 e. The van der Waals surface area contributed by atoms with E-state index < -0.39 is 4.92 Å². The molecule has 0 amide bonds. The Kier molecular flexibility index (Phi) is 3.20. The minimum Gasteiger partial charge on any atom is -0.436 e. The molecule has 3 rings (SSSR count). The first-order valence-electron chi connectivity index (χ1n) is 7.00. The summed E-state index contributed by atoms with van der Waals surface area (Å²) in [4.78, 5) is 14.9. The third-order valence-corrected chi connectivity index (χ3v) is 3.56. The van der Waals surface area contributed by atoms with Gasteiger partial charge in [0.25, 0.3) is 5.69 Å². The summed E-state index contributed by atoms with van der Waals surface area (Å²) < 4.78 is 5.72. The first kappa shape index (κ1) is 14.3. The average molecular weight is 296 g/mol. The van der Waals surface area contributed by atoms with Gasteiger partial charge in [-0.05, 0) is 29.2 Å². The molecule has 0 fully saturated rings. The van der Waals surface area contributed by atoms with Crippen LogP contribution in [0, 0.1) is 10.1 Å². The molecule has 1 aromatic heterocycles. The highest BCUT2D eigenvalue weighted by atomic mass is 16.6. The van der Waals surface area contributed by atoms with Crippen LogP contribution in [0.25, 0.3) is 22.6 Å². The number of aromatic nitrogens is 1. The number of rotatable bonds is 2. The minimum atomic E-state index is -0.427. The Morgan fingerprint density at radius 1 is 1.14 bits per heavy atom. The van der Waals surface area contributed by atoms with Gasteiger partial charge in [0.05, 0.1) is 4.92 Å². The first-order valence-corrected chi connectivity index (χ1v) is 7.00. The van der Waals surface area contributed by atoms with Crippen molar-refractivity contribution in [3.8, 4) is 11.5 Å². The van der Waals surface area contributed by atoms with E-state index in [1.165, 1.54) is 17.7 Å². The van der Waals surface area contributed by atoms with Crippen LogP contribution in [-0.4, -0.2) is 9.91 Å². The second kappa shape index (κ2) is 4.94. The predicted molar refractivity (Wildman–Crippen MR) is 84.8 cm³/mol. The van der Waals surface area contributed by atoms with Crippen molar-refractivity contribution in [3.05, 3.63) is 58.1 Å². The maximum atomic E-state index is 10.9. The monoisotopic (exact) mass is 296 g/mol. The second-order valence-electron chi connectivity index (χ2n) is 6.26. The molecule has 1 heterocycles. The zero-order chi connectivity index (χ0) is 15.9. The molecule has 5 nitrogen and oxygen atoms in total. The van der Waals surface area contributed by atoms with E-state index in [1.807, 2.05) is 18.2 Å². The van der Waals surface area contributed by atoms with Crippen molar-refractivity contribution in [1.29, 1.82) is 0 Å². The number of hydrogen-bond donors (Lipinski definition) is 0. The number of oxazole rings is 1. The molecule has 0 bridgehead atoms. The van der Waals surface area contributed by atoms with Crippen LogP contribution in [0.15, 0.2) is 46.9 Å². The highest BCUT2D eigenvalue weighted by molar-refractivity contribution is 5.77. The van der Waals surface area contributed by atoms with Crippen LogP contribution in [0.5, 0.6) is 0 Å². The Morgan fingerprint density at radius 2 is 1.91 bits per heavy atom. The zero-order valence-electron chi connectivity index (χ0n) is 12.7. The van der Waals surface area contributed by atoms with Crippen molar-refractivity contribution in [3.63, 3.8) is 0 Å². The van der Waals surface area contributed by atoms with Gasteiger partial charge in [-0.3, -0.25) is 10.1 Å². The van der Waals surface area contributed by atoms with Gasteiger partial charge in [0.15, 0.2) is 5.58 Å². The van der Waals surface area contributed by atoms with E-state index in [0.29, 0.717) is 17.0 Å². The van der Waals surface area contributed by atoms with Gasteiger partial charge < -0.3 is 4.42 Å². The lowest BCUT2D eigenvalue weighted by molar-refractivity contribution is -0.384. The van der Waals surface area contributed by atoms with Gasteiger partial charge >= 0.3 is 0 Å². The molecule has 112 valence electrons. The summed E-state index contributed by atoms with van der Waals surface area (Å²) in [6.07, 6.45) is 0. The standard InChI is InChI=1S/C17H16N2O3/c1-17(2,3)12-7-8-15-14(10-12)18-16(22-15)11-5-4-6-13(9-11)19(20)21/h4-10H,1-3H3. The number of benzene rings is 2. The minimum absolute atomic E-state index is 0.0233. The van der Waals surface area contributed by atoms with Crippen LogP contribution in [0.4, 0.5) is 5.69 Å². The van der Waals surface area contributed by atoms with Crippen molar-refractivity contribution >= 4 is 16.8 Å². The summed E-state index contributed by atoms with van der Waals surface area (Å²) in [6, 6.07) is 12.2. The van der Waals surface area contributed by atoms with Crippen molar-refractivity contribution < 1.29 is 9.34 Å². The van der Waals surface area contributed by atoms with E-state index in [9.17, 15) is 10.1 Å². The van der Waals surface area contributed by atoms with Gasteiger partial charge in [0.1, 0.15) is 5.52 Å². The summed E-state index contributed by atoms with van der Waals surface area (Å²) in [7, 11) is 0. The Hall–Kier alpha value is -2.69. The lowest BCUT2D eigenvalue weighted by atomic mass is 9.87. The molecule has 0 saturated heterocycles. The van der Waals surface area contributed by atoms with Crippen LogP contribution >= 0.6 is 0 Å². The molecule has 22 heavy (non-hydrogen) atoms. The molecule has 3 aromatic rings. The number of nitro groups is 1. The zero-order valence-corrected chi connectivity index (χ0v) is 12.7. The Labute approximate surface area is 127 Å². The van der Waals surface area contributed by atoms with Crippen LogP contribution in [0.3, 0.4) is 0 Å². The van der Waals surface area contributed by atoms with E-state index in [4.69, 9.17) is 4.42 Å². The average Bonchev–Trinajstić information content (AvgIpc) is 2.89. The lowest BCUT2D eigenvalue weighted by Crippen LogP contribution is -2.10. The third kappa shape index (κ3) is 2.57. The number of nitrogens with zero attached hydrogens (tertiary/aromatic N) is 2. The van der Waals surface area contributed by atoms with E-state index >= 15 is 0 Å². The number of nitro benzene ring substituents is 1. The van der Waals surface area contributed by atoms with Gasteiger partial charge in [-0.2, -0.15) is 0 Å². The summed E-state index contributed by atoms with van der Waals surface area (Å²) in [5.74, 6) is 0.393. The predicted octanol–water partition coefficient (Wildman–Crippen LogP) is 4.70. The number of hydrogen-bond acceptors (Lipinski definition) is 4. The van der Waals surface area contributed by atoms with Crippen molar-refractivity contribution in [2.24, 2.45) is 0 Å². The molecule has 0 aliphatic carbocycles. The van der Waals surface area contributed by atoms with E-state index in [0.717, 1.165) is 5.52 Å². The molecule has 0 spiro atoms. The third-order valence-electron chi connectivity index (χ3n) is 3.56. The fourth-order valence-corrected chi connectivity index (χ4v) is 2.27. The van der Waals surface area contributed by atoms with Crippen LogP contribution in [0.2, 0.25) is 0 Å². The van der Waals surface area contributed by atoms with Crippen LogP contribution < -0.4 is 0 Å². The molecule has 0 atom stereocenters. The number of fused-ring (bicyclic) bond motifs is 1. The topological polar surface area (TPSA) is 69.2 Å². The second-order valence-corrected chi connectivity index (χ2v) is 6.26.